The first kappa shape index (κ1) is 15.4. The van der Waals surface area contributed by atoms with Crippen LogP contribution in [0.15, 0.2) is 36.7 Å². The van der Waals surface area contributed by atoms with E-state index in [2.05, 4.69) is 16.9 Å². The van der Waals surface area contributed by atoms with Gasteiger partial charge in [-0.1, -0.05) is 43.1 Å². The molecule has 0 aliphatic heterocycles. The number of carbonyl (C=O) groups is 1. The summed E-state index contributed by atoms with van der Waals surface area (Å²) in [5.41, 5.74) is 2.20. The molecule has 0 aliphatic carbocycles. The molecule has 2 rings (SSSR count). The zero-order valence-electron chi connectivity index (χ0n) is 11.8. The number of carboxylic acids is 1. The van der Waals surface area contributed by atoms with Crippen molar-refractivity contribution in [2.45, 2.75) is 32.1 Å². The van der Waals surface area contributed by atoms with Crippen LogP contribution in [0.1, 0.15) is 36.2 Å². The van der Waals surface area contributed by atoms with Gasteiger partial charge in [0.2, 0.25) is 0 Å². The van der Waals surface area contributed by atoms with E-state index in [1.165, 1.54) is 6.33 Å². The smallest absolute Gasteiger partial charge is 0.312 e. The first-order valence-corrected chi connectivity index (χ1v) is 7.26. The third-order valence-corrected chi connectivity index (χ3v) is 3.66. The van der Waals surface area contributed by atoms with Crippen LogP contribution in [-0.4, -0.2) is 21.0 Å². The van der Waals surface area contributed by atoms with Gasteiger partial charge >= 0.3 is 5.97 Å². The fourth-order valence-corrected chi connectivity index (χ4v) is 2.41. The normalized spacial score (nSPS) is 12.1. The second-order valence-corrected chi connectivity index (χ2v) is 5.28. The van der Waals surface area contributed by atoms with Crippen molar-refractivity contribution in [3.8, 4) is 0 Å². The summed E-state index contributed by atoms with van der Waals surface area (Å²) in [4.78, 5) is 19.9. The molecule has 4 nitrogen and oxygen atoms in total. The zero-order valence-corrected chi connectivity index (χ0v) is 12.5. The average molecular weight is 305 g/mol. The summed E-state index contributed by atoms with van der Waals surface area (Å²) >= 11 is 6.12. The number of aromatic nitrogens is 2. The number of hydrogen-bond acceptors (Lipinski definition) is 3. The maximum Gasteiger partial charge on any atom is 0.312 e. The van der Waals surface area contributed by atoms with Crippen LogP contribution < -0.4 is 0 Å². The van der Waals surface area contributed by atoms with Crippen LogP contribution >= 0.6 is 11.6 Å². The van der Waals surface area contributed by atoms with E-state index in [-0.39, 0.29) is 0 Å². The number of aliphatic carboxylic acids is 1. The first-order valence-electron chi connectivity index (χ1n) is 6.88. The molecule has 0 aliphatic rings. The minimum atomic E-state index is -0.906. The van der Waals surface area contributed by atoms with Gasteiger partial charge in [0.1, 0.15) is 12.2 Å². The number of carboxylic acid groups (broad SMARTS) is 1. The van der Waals surface area contributed by atoms with E-state index < -0.39 is 11.9 Å². The van der Waals surface area contributed by atoms with Crippen molar-refractivity contribution in [1.29, 1.82) is 0 Å². The van der Waals surface area contributed by atoms with Crippen LogP contribution in [0, 0.1) is 0 Å². The Morgan fingerprint density at radius 3 is 2.76 bits per heavy atom. The van der Waals surface area contributed by atoms with Gasteiger partial charge in [-0.15, -0.1) is 0 Å². The number of benzene rings is 1. The molecule has 1 aromatic carbocycles. The van der Waals surface area contributed by atoms with Crippen LogP contribution in [0.4, 0.5) is 0 Å². The molecule has 1 atom stereocenters. The number of halogens is 1. The summed E-state index contributed by atoms with van der Waals surface area (Å²) in [7, 11) is 0. The number of nitrogens with zero attached hydrogens (tertiary/aromatic N) is 2. The Labute approximate surface area is 128 Å². The summed E-state index contributed by atoms with van der Waals surface area (Å²) in [6, 6.07) is 9.05. The van der Waals surface area contributed by atoms with E-state index in [1.807, 2.05) is 18.2 Å². The fourth-order valence-electron chi connectivity index (χ4n) is 2.20. The lowest BCUT2D eigenvalue weighted by Gasteiger charge is -2.13. The van der Waals surface area contributed by atoms with Crippen LogP contribution in [0.25, 0.3) is 0 Å². The van der Waals surface area contributed by atoms with Crippen molar-refractivity contribution in [2.75, 3.05) is 0 Å². The Morgan fingerprint density at radius 2 is 2.10 bits per heavy atom. The van der Waals surface area contributed by atoms with Gasteiger partial charge in [0, 0.05) is 10.7 Å². The summed E-state index contributed by atoms with van der Waals surface area (Å²) in [5, 5.41) is 10.1. The quantitative estimate of drug-likeness (QED) is 0.887. The van der Waals surface area contributed by atoms with Gasteiger partial charge in [-0.2, -0.15) is 0 Å². The lowest BCUT2D eigenvalue weighted by molar-refractivity contribution is -0.138. The highest BCUT2D eigenvalue weighted by molar-refractivity contribution is 6.31. The molecular formula is C16H17ClN2O2. The van der Waals surface area contributed by atoms with E-state index in [0.29, 0.717) is 17.1 Å². The standard InChI is InChI=1S/C16H17ClN2O2/c1-2-5-12-9-15(19-10-18-12)13(16(20)21)8-11-6-3-4-7-14(11)17/h3-4,6-7,9-10,13H,2,5,8H2,1H3,(H,20,21). The second kappa shape index (κ2) is 7.18. The van der Waals surface area contributed by atoms with Gasteiger partial charge in [-0.3, -0.25) is 4.79 Å². The lowest BCUT2D eigenvalue weighted by atomic mass is 9.95. The van der Waals surface area contributed by atoms with Crippen molar-refractivity contribution in [3.63, 3.8) is 0 Å². The van der Waals surface area contributed by atoms with E-state index in [4.69, 9.17) is 11.6 Å². The molecule has 0 fully saturated rings. The maximum atomic E-state index is 11.6. The SMILES string of the molecule is CCCc1cc(C(Cc2ccccc2Cl)C(=O)O)ncn1. The summed E-state index contributed by atoms with van der Waals surface area (Å²) in [5.74, 6) is -1.63. The Balaban J connectivity index is 2.29. The Bertz CT molecular complexity index is 631. The molecule has 110 valence electrons. The van der Waals surface area contributed by atoms with E-state index in [1.54, 1.807) is 12.1 Å². The van der Waals surface area contributed by atoms with Gasteiger partial charge in [0.25, 0.3) is 0 Å². The highest BCUT2D eigenvalue weighted by atomic mass is 35.5. The third-order valence-electron chi connectivity index (χ3n) is 3.29. The monoisotopic (exact) mass is 304 g/mol. The molecule has 1 heterocycles. The van der Waals surface area contributed by atoms with Gasteiger partial charge < -0.3 is 5.11 Å². The lowest BCUT2D eigenvalue weighted by Crippen LogP contribution is -2.16. The second-order valence-electron chi connectivity index (χ2n) is 4.87. The Hall–Kier alpha value is -1.94. The number of aryl methyl sites for hydroxylation is 1. The zero-order chi connectivity index (χ0) is 15.2. The van der Waals surface area contributed by atoms with Crippen LogP contribution in [0.2, 0.25) is 5.02 Å². The highest BCUT2D eigenvalue weighted by Crippen LogP contribution is 2.24. The minimum Gasteiger partial charge on any atom is -0.481 e. The number of rotatable bonds is 6. The summed E-state index contributed by atoms with van der Waals surface area (Å²) in [6.07, 6.45) is 3.52. The number of hydrogen-bond donors (Lipinski definition) is 1. The molecule has 1 aromatic heterocycles. The van der Waals surface area contributed by atoms with Crippen LogP contribution in [-0.2, 0) is 17.6 Å². The highest BCUT2D eigenvalue weighted by Gasteiger charge is 2.23. The third kappa shape index (κ3) is 4.02. The summed E-state index contributed by atoms with van der Waals surface area (Å²) in [6.45, 7) is 2.06. The summed E-state index contributed by atoms with van der Waals surface area (Å²) < 4.78 is 0. The average Bonchev–Trinajstić information content (AvgIpc) is 2.46. The molecule has 0 amide bonds. The van der Waals surface area contributed by atoms with Gasteiger partial charge in [-0.05, 0) is 30.5 Å². The van der Waals surface area contributed by atoms with Crippen molar-refractivity contribution in [2.24, 2.45) is 0 Å². The molecule has 0 saturated carbocycles. The van der Waals surface area contributed by atoms with E-state index >= 15 is 0 Å². The van der Waals surface area contributed by atoms with Gasteiger partial charge in [0.05, 0.1) is 5.69 Å². The molecule has 21 heavy (non-hydrogen) atoms. The topological polar surface area (TPSA) is 63.1 Å². The molecule has 2 aromatic rings. The van der Waals surface area contributed by atoms with Crippen LogP contribution in [0.5, 0.6) is 0 Å². The van der Waals surface area contributed by atoms with E-state index in [0.717, 1.165) is 24.1 Å². The molecular weight excluding hydrogens is 288 g/mol. The first-order chi connectivity index (χ1) is 10.1. The van der Waals surface area contributed by atoms with Crippen molar-refractivity contribution in [3.05, 3.63) is 58.6 Å². The fraction of sp³-hybridized carbons (Fsp3) is 0.312. The maximum absolute atomic E-state index is 11.6. The van der Waals surface area contributed by atoms with Crippen LogP contribution in [0.3, 0.4) is 0 Å². The van der Waals surface area contributed by atoms with Crippen molar-refractivity contribution < 1.29 is 9.90 Å². The van der Waals surface area contributed by atoms with Gasteiger partial charge in [0.15, 0.2) is 0 Å². The molecule has 0 saturated heterocycles. The predicted octanol–water partition coefficient (Wildman–Crippen LogP) is 3.49. The van der Waals surface area contributed by atoms with Crippen molar-refractivity contribution >= 4 is 17.6 Å². The molecule has 1 N–H and O–H groups in total. The largest absolute Gasteiger partial charge is 0.481 e. The van der Waals surface area contributed by atoms with Crippen molar-refractivity contribution in [1.82, 2.24) is 9.97 Å². The Morgan fingerprint density at radius 1 is 1.33 bits per heavy atom. The Kier molecular flexibility index (Phi) is 5.28. The molecule has 0 bridgehead atoms. The minimum absolute atomic E-state index is 0.317. The predicted molar refractivity (Wildman–Crippen MR) is 81.6 cm³/mol. The molecule has 0 radical (unpaired) electrons. The molecule has 5 heteroatoms. The molecule has 0 spiro atoms. The molecule has 1 unspecified atom stereocenters. The van der Waals surface area contributed by atoms with E-state index in [9.17, 15) is 9.90 Å². The van der Waals surface area contributed by atoms with Gasteiger partial charge in [-0.25, -0.2) is 9.97 Å².